The Labute approximate surface area is 215 Å². The topological polar surface area (TPSA) is 64.7 Å². The fourth-order valence-corrected chi connectivity index (χ4v) is 7.81. The van der Waals surface area contributed by atoms with Crippen molar-refractivity contribution in [3.05, 3.63) is 24.3 Å². The molecule has 5 fully saturated rings. The van der Waals surface area contributed by atoms with Crippen LogP contribution >= 0.6 is 12.2 Å². The Hall–Kier alpha value is -2.15. The molecule has 2 N–H and O–H groups in total. The molecular weight excluding hydrogens is 456 g/mol. The maximum atomic E-state index is 12.9. The Balaban J connectivity index is 1.09. The monoisotopic (exact) mass is 496 g/mol. The second kappa shape index (κ2) is 9.38. The van der Waals surface area contributed by atoms with Crippen LogP contribution < -0.4 is 15.5 Å². The molecule has 6 nitrogen and oxygen atoms in total. The SMILES string of the molecule is CC(C)(C)C(=O)N1CCN(c2ccc(NC(=S)NC(=O)CC34CC5CC(CC(C5)C3)C4)cc2)CC1. The number of nitrogens with one attached hydrogen (secondary N) is 2. The van der Waals surface area contributed by atoms with Gasteiger partial charge in [0.1, 0.15) is 0 Å². The summed E-state index contributed by atoms with van der Waals surface area (Å²) in [5, 5.41) is 6.50. The van der Waals surface area contributed by atoms with Crippen LogP contribution in [0.2, 0.25) is 0 Å². The summed E-state index contributed by atoms with van der Waals surface area (Å²) < 4.78 is 0. The summed E-state index contributed by atoms with van der Waals surface area (Å²) in [6.45, 7) is 9.07. The number of hydrogen-bond donors (Lipinski definition) is 2. The Morgan fingerprint density at radius 1 is 0.943 bits per heavy atom. The number of anilines is 2. The molecule has 4 saturated carbocycles. The maximum absolute atomic E-state index is 12.9. The Kier molecular flexibility index (Phi) is 6.58. The molecule has 0 atom stereocenters. The van der Waals surface area contributed by atoms with Crippen LogP contribution in [0, 0.1) is 28.6 Å². The lowest BCUT2D eigenvalue weighted by molar-refractivity contribution is -0.139. The lowest BCUT2D eigenvalue weighted by atomic mass is 9.49. The number of hydrogen-bond acceptors (Lipinski definition) is 4. The van der Waals surface area contributed by atoms with E-state index in [1.54, 1.807) is 0 Å². The zero-order valence-electron chi connectivity index (χ0n) is 21.4. The van der Waals surface area contributed by atoms with Gasteiger partial charge in [-0.05, 0) is 98.2 Å². The molecule has 0 radical (unpaired) electrons. The summed E-state index contributed by atoms with van der Waals surface area (Å²) in [4.78, 5) is 29.7. The van der Waals surface area contributed by atoms with E-state index in [2.05, 4.69) is 27.7 Å². The minimum atomic E-state index is -0.335. The number of thiocarbonyl (C=S) groups is 1. The minimum absolute atomic E-state index is 0.0590. The molecule has 1 aromatic carbocycles. The Morgan fingerprint density at radius 3 is 2.00 bits per heavy atom. The van der Waals surface area contributed by atoms with Crippen LogP contribution in [0.1, 0.15) is 65.7 Å². The van der Waals surface area contributed by atoms with Crippen LogP contribution in [0.15, 0.2) is 24.3 Å². The van der Waals surface area contributed by atoms with E-state index in [4.69, 9.17) is 12.2 Å². The largest absolute Gasteiger partial charge is 0.368 e. The molecule has 7 heteroatoms. The molecule has 0 spiro atoms. The van der Waals surface area contributed by atoms with Crippen LogP contribution in [0.5, 0.6) is 0 Å². The van der Waals surface area contributed by atoms with E-state index in [1.165, 1.54) is 38.5 Å². The third-order valence-corrected chi connectivity index (χ3v) is 8.86. The first-order valence-electron chi connectivity index (χ1n) is 13.3. The van der Waals surface area contributed by atoms with Crippen LogP contribution in [-0.2, 0) is 9.59 Å². The van der Waals surface area contributed by atoms with E-state index in [1.807, 2.05) is 37.8 Å². The number of piperazine rings is 1. The molecule has 35 heavy (non-hydrogen) atoms. The first kappa shape index (κ1) is 24.5. The van der Waals surface area contributed by atoms with E-state index in [0.29, 0.717) is 11.5 Å². The molecule has 0 aromatic heterocycles. The molecule has 0 unspecified atom stereocenters. The highest BCUT2D eigenvalue weighted by Gasteiger charge is 2.51. The van der Waals surface area contributed by atoms with Gasteiger partial charge in [0.2, 0.25) is 11.8 Å². The van der Waals surface area contributed by atoms with Crippen molar-refractivity contribution in [2.75, 3.05) is 36.4 Å². The van der Waals surface area contributed by atoms with Gasteiger partial charge in [-0.25, -0.2) is 0 Å². The van der Waals surface area contributed by atoms with Crippen molar-refractivity contribution in [1.29, 1.82) is 0 Å². The van der Waals surface area contributed by atoms with Crippen molar-refractivity contribution in [3.63, 3.8) is 0 Å². The number of nitrogens with zero attached hydrogens (tertiary/aromatic N) is 2. The molecule has 4 bridgehead atoms. The average Bonchev–Trinajstić information content (AvgIpc) is 2.77. The van der Waals surface area contributed by atoms with Gasteiger partial charge in [-0.1, -0.05) is 20.8 Å². The third-order valence-electron chi connectivity index (χ3n) is 8.65. The normalized spacial score (nSPS) is 29.7. The van der Waals surface area contributed by atoms with Gasteiger partial charge in [0, 0.05) is 49.4 Å². The van der Waals surface area contributed by atoms with Gasteiger partial charge in [0.05, 0.1) is 0 Å². The van der Waals surface area contributed by atoms with Crippen molar-refractivity contribution in [1.82, 2.24) is 10.2 Å². The van der Waals surface area contributed by atoms with Crippen LogP contribution in [0.25, 0.3) is 0 Å². The van der Waals surface area contributed by atoms with Gasteiger partial charge < -0.3 is 20.4 Å². The van der Waals surface area contributed by atoms with E-state index in [9.17, 15) is 9.59 Å². The van der Waals surface area contributed by atoms with Gasteiger partial charge in [0.15, 0.2) is 5.11 Å². The van der Waals surface area contributed by atoms with Crippen molar-refractivity contribution in [2.45, 2.75) is 65.7 Å². The first-order chi connectivity index (χ1) is 16.6. The summed E-state index contributed by atoms with van der Waals surface area (Å²) in [5.74, 6) is 2.82. The lowest BCUT2D eigenvalue weighted by Crippen LogP contribution is -2.51. The molecule has 1 aliphatic heterocycles. The van der Waals surface area contributed by atoms with Crippen LogP contribution in [0.4, 0.5) is 11.4 Å². The maximum Gasteiger partial charge on any atom is 0.228 e. The Morgan fingerprint density at radius 2 is 1.49 bits per heavy atom. The zero-order chi connectivity index (χ0) is 24.8. The highest BCUT2D eigenvalue weighted by Crippen LogP contribution is 2.61. The highest BCUT2D eigenvalue weighted by atomic mass is 32.1. The second-order valence-corrected chi connectivity index (χ2v) is 13.1. The van der Waals surface area contributed by atoms with Gasteiger partial charge in [-0.15, -0.1) is 0 Å². The summed E-state index contributed by atoms with van der Waals surface area (Å²) in [5.41, 5.74) is 1.89. The standard InChI is InChI=1S/C28H40N4O2S/c1-27(2,3)25(34)32-10-8-31(9-11-32)23-6-4-22(5-7-23)29-26(35)30-24(33)18-28-15-19-12-20(16-28)14-21(13-19)17-28/h4-7,19-21H,8-18H2,1-3H3,(H2,29,30,33,35). The quantitative estimate of drug-likeness (QED) is 0.586. The van der Waals surface area contributed by atoms with Gasteiger partial charge >= 0.3 is 0 Å². The number of benzene rings is 1. The fraction of sp³-hybridized carbons (Fsp3) is 0.679. The molecule has 190 valence electrons. The molecule has 1 heterocycles. The number of carbonyl (C=O) groups excluding carboxylic acids is 2. The van der Waals surface area contributed by atoms with E-state index in [-0.39, 0.29) is 22.6 Å². The molecule has 1 saturated heterocycles. The number of rotatable bonds is 4. The average molecular weight is 497 g/mol. The molecule has 5 aliphatic rings. The van der Waals surface area contributed by atoms with E-state index < -0.39 is 0 Å². The zero-order valence-corrected chi connectivity index (χ0v) is 22.3. The molecule has 2 amide bonds. The molecule has 1 aromatic rings. The van der Waals surface area contributed by atoms with Crippen molar-refractivity contribution >= 4 is 40.5 Å². The van der Waals surface area contributed by atoms with Crippen LogP contribution in [-0.4, -0.2) is 48.0 Å². The van der Waals surface area contributed by atoms with Crippen molar-refractivity contribution in [2.24, 2.45) is 28.6 Å². The summed E-state index contributed by atoms with van der Waals surface area (Å²) in [6.07, 6.45) is 8.47. The van der Waals surface area contributed by atoms with Gasteiger partial charge in [0.25, 0.3) is 0 Å². The predicted octanol–water partition coefficient (Wildman–Crippen LogP) is 4.80. The minimum Gasteiger partial charge on any atom is -0.368 e. The third kappa shape index (κ3) is 5.50. The van der Waals surface area contributed by atoms with E-state index >= 15 is 0 Å². The van der Waals surface area contributed by atoms with Gasteiger partial charge in [-0.3, -0.25) is 9.59 Å². The van der Waals surface area contributed by atoms with E-state index in [0.717, 1.165) is 55.3 Å². The number of carbonyl (C=O) groups is 2. The Bertz CT molecular complexity index is 940. The van der Waals surface area contributed by atoms with Gasteiger partial charge in [-0.2, -0.15) is 0 Å². The highest BCUT2D eigenvalue weighted by molar-refractivity contribution is 7.80. The number of amides is 2. The van der Waals surface area contributed by atoms with Crippen molar-refractivity contribution < 1.29 is 9.59 Å². The molecular formula is C28H40N4O2S. The van der Waals surface area contributed by atoms with Crippen molar-refractivity contribution in [3.8, 4) is 0 Å². The lowest BCUT2D eigenvalue weighted by Gasteiger charge is -2.56. The summed E-state index contributed by atoms with van der Waals surface area (Å²) in [6, 6.07) is 8.14. The fourth-order valence-electron chi connectivity index (χ4n) is 7.58. The van der Waals surface area contributed by atoms with Crippen LogP contribution in [0.3, 0.4) is 0 Å². The first-order valence-corrected chi connectivity index (χ1v) is 13.7. The molecule has 4 aliphatic carbocycles. The predicted molar refractivity (Wildman–Crippen MR) is 144 cm³/mol. The smallest absolute Gasteiger partial charge is 0.228 e. The summed E-state index contributed by atoms with van der Waals surface area (Å²) >= 11 is 5.46. The second-order valence-electron chi connectivity index (χ2n) is 12.7. The summed E-state index contributed by atoms with van der Waals surface area (Å²) in [7, 11) is 0. The molecule has 6 rings (SSSR count).